The number of carbonyl (C=O) groups excluding carboxylic acids is 2. The Kier molecular flexibility index (Phi) is 3.39. The number of hydrogen-bond acceptors (Lipinski definition) is 4. The predicted octanol–water partition coefficient (Wildman–Crippen LogP) is 0.200. The van der Waals surface area contributed by atoms with E-state index >= 15 is 0 Å². The number of methoxy groups -OCH3 is 1. The summed E-state index contributed by atoms with van der Waals surface area (Å²) >= 11 is 0. The topological polar surface area (TPSA) is 67.4 Å². The lowest BCUT2D eigenvalue weighted by atomic mass is 10.2. The van der Waals surface area contributed by atoms with Crippen LogP contribution >= 0.6 is 0 Å². The second kappa shape index (κ2) is 4.97. The van der Waals surface area contributed by atoms with Gasteiger partial charge in [0.2, 0.25) is 11.8 Å². The molecule has 1 atom stereocenters. The molecule has 0 saturated carbocycles. The smallest absolute Gasteiger partial charge is 0.244 e. The van der Waals surface area contributed by atoms with E-state index in [2.05, 4.69) is 10.6 Å². The minimum Gasteiger partial charge on any atom is -0.497 e. The Balaban J connectivity index is 1.93. The Morgan fingerprint density at radius 2 is 2.29 bits per heavy atom. The van der Waals surface area contributed by atoms with Gasteiger partial charge < -0.3 is 10.1 Å². The summed E-state index contributed by atoms with van der Waals surface area (Å²) in [7, 11) is 1.61. The molecule has 1 aromatic rings. The monoisotopic (exact) mass is 234 g/mol. The van der Waals surface area contributed by atoms with Gasteiger partial charge in [0.05, 0.1) is 19.6 Å². The third-order valence-corrected chi connectivity index (χ3v) is 2.66. The zero-order valence-electron chi connectivity index (χ0n) is 9.53. The van der Waals surface area contributed by atoms with Gasteiger partial charge in [0.1, 0.15) is 5.75 Å². The molecular formula is C12H14N2O3. The Hall–Kier alpha value is -1.88. The van der Waals surface area contributed by atoms with E-state index in [1.807, 2.05) is 24.3 Å². The molecule has 2 N–H and O–H groups in total. The highest BCUT2D eigenvalue weighted by molar-refractivity contribution is 6.05. The molecule has 1 aliphatic heterocycles. The molecule has 1 aromatic carbocycles. The van der Waals surface area contributed by atoms with E-state index in [-0.39, 0.29) is 18.2 Å². The zero-order chi connectivity index (χ0) is 12.3. The molecule has 1 saturated heterocycles. The molecule has 2 amide bonds. The van der Waals surface area contributed by atoms with Crippen molar-refractivity contribution in [2.45, 2.75) is 19.0 Å². The molecule has 1 aliphatic rings. The van der Waals surface area contributed by atoms with E-state index in [0.717, 1.165) is 11.3 Å². The van der Waals surface area contributed by atoms with Crippen molar-refractivity contribution in [2.75, 3.05) is 7.11 Å². The summed E-state index contributed by atoms with van der Waals surface area (Å²) in [5.74, 6) is 0.298. The van der Waals surface area contributed by atoms with Gasteiger partial charge in [-0.1, -0.05) is 12.1 Å². The fraction of sp³-hybridized carbons (Fsp3) is 0.333. The van der Waals surface area contributed by atoms with Gasteiger partial charge in [-0.25, -0.2) is 0 Å². The van der Waals surface area contributed by atoms with Gasteiger partial charge in [0.25, 0.3) is 0 Å². The quantitative estimate of drug-likeness (QED) is 0.730. The maximum absolute atomic E-state index is 11.3. The first-order chi connectivity index (χ1) is 8.19. The average Bonchev–Trinajstić information content (AvgIpc) is 2.65. The molecule has 0 spiro atoms. The summed E-state index contributed by atoms with van der Waals surface area (Å²) < 4.78 is 5.10. The first-order valence-corrected chi connectivity index (χ1v) is 5.39. The Morgan fingerprint density at radius 1 is 1.47 bits per heavy atom. The number of carbonyl (C=O) groups is 2. The summed E-state index contributed by atoms with van der Waals surface area (Å²) in [6.07, 6.45) is 0.211. The predicted molar refractivity (Wildman–Crippen MR) is 61.4 cm³/mol. The number of nitrogens with one attached hydrogen (secondary N) is 2. The van der Waals surface area contributed by atoms with E-state index in [1.165, 1.54) is 0 Å². The van der Waals surface area contributed by atoms with E-state index in [1.54, 1.807) is 7.11 Å². The lowest BCUT2D eigenvalue weighted by Gasteiger charge is -2.09. The molecule has 0 aromatic heterocycles. The van der Waals surface area contributed by atoms with E-state index in [0.29, 0.717) is 6.54 Å². The number of benzene rings is 1. The minimum atomic E-state index is -0.422. The highest BCUT2D eigenvalue weighted by atomic mass is 16.5. The van der Waals surface area contributed by atoms with Crippen LogP contribution in [-0.4, -0.2) is 25.0 Å². The molecule has 0 bridgehead atoms. The van der Waals surface area contributed by atoms with Gasteiger partial charge in [-0.15, -0.1) is 0 Å². The van der Waals surface area contributed by atoms with Crippen LogP contribution in [0.3, 0.4) is 0 Å². The highest BCUT2D eigenvalue weighted by Gasteiger charge is 2.29. The van der Waals surface area contributed by atoms with Crippen molar-refractivity contribution in [2.24, 2.45) is 0 Å². The molecular weight excluding hydrogens is 220 g/mol. The average molecular weight is 234 g/mol. The first-order valence-electron chi connectivity index (χ1n) is 5.39. The van der Waals surface area contributed by atoms with Gasteiger partial charge in [0.15, 0.2) is 0 Å². The number of rotatable bonds is 4. The lowest BCUT2D eigenvalue weighted by molar-refractivity contribution is -0.125. The summed E-state index contributed by atoms with van der Waals surface area (Å²) in [6.45, 7) is 0.530. The maximum Gasteiger partial charge on any atom is 0.244 e. The molecule has 1 heterocycles. The van der Waals surface area contributed by atoms with Gasteiger partial charge in [-0.2, -0.15) is 0 Å². The van der Waals surface area contributed by atoms with Gasteiger partial charge in [0, 0.05) is 6.54 Å². The van der Waals surface area contributed by atoms with E-state index in [9.17, 15) is 9.59 Å². The van der Waals surface area contributed by atoms with Crippen LogP contribution in [0.15, 0.2) is 24.3 Å². The normalized spacial score (nSPS) is 19.2. The largest absolute Gasteiger partial charge is 0.497 e. The summed E-state index contributed by atoms with van der Waals surface area (Å²) in [4.78, 5) is 22.3. The van der Waals surface area contributed by atoms with Crippen molar-refractivity contribution in [3.8, 4) is 5.75 Å². The van der Waals surface area contributed by atoms with Crippen molar-refractivity contribution >= 4 is 11.8 Å². The van der Waals surface area contributed by atoms with Gasteiger partial charge >= 0.3 is 0 Å². The first kappa shape index (κ1) is 11.6. The van der Waals surface area contributed by atoms with Gasteiger partial charge in [-0.05, 0) is 17.7 Å². The Bertz CT molecular complexity index is 445. The second-order valence-corrected chi connectivity index (χ2v) is 3.90. The van der Waals surface area contributed by atoms with Crippen molar-refractivity contribution < 1.29 is 14.3 Å². The second-order valence-electron chi connectivity index (χ2n) is 3.90. The van der Waals surface area contributed by atoms with Crippen LogP contribution in [0.4, 0.5) is 0 Å². The van der Waals surface area contributed by atoms with E-state index < -0.39 is 6.04 Å². The standard InChI is InChI=1S/C12H14N2O3/c1-17-9-4-2-3-8(5-9)7-13-10-6-11(15)14-12(10)16/h2-5,10,13H,6-7H2,1H3,(H,14,15,16). The van der Waals surface area contributed by atoms with Crippen molar-refractivity contribution in [3.63, 3.8) is 0 Å². The van der Waals surface area contributed by atoms with E-state index in [4.69, 9.17) is 4.74 Å². The van der Waals surface area contributed by atoms with Crippen LogP contribution < -0.4 is 15.4 Å². The van der Waals surface area contributed by atoms with Crippen LogP contribution in [0.2, 0.25) is 0 Å². The van der Waals surface area contributed by atoms with Crippen molar-refractivity contribution in [1.29, 1.82) is 0 Å². The summed E-state index contributed by atoms with van der Waals surface area (Å²) in [5, 5.41) is 5.30. The zero-order valence-corrected chi connectivity index (χ0v) is 9.53. The minimum absolute atomic E-state index is 0.211. The fourth-order valence-corrected chi connectivity index (χ4v) is 1.74. The molecule has 1 unspecified atom stereocenters. The van der Waals surface area contributed by atoms with Crippen LogP contribution in [0.5, 0.6) is 5.75 Å². The fourth-order valence-electron chi connectivity index (χ4n) is 1.74. The SMILES string of the molecule is COc1cccc(CNC2CC(=O)NC2=O)c1. The molecule has 0 aliphatic carbocycles. The molecule has 5 nitrogen and oxygen atoms in total. The highest BCUT2D eigenvalue weighted by Crippen LogP contribution is 2.13. The summed E-state index contributed by atoms with van der Waals surface area (Å²) in [5.41, 5.74) is 1.01. The maximum atomic E-state index is 11.3. The molecule has 2 rings (SSSR count). The third kappa shape index (κ3) is 2.82. The molecule has 90 valence electrons. The van der Waals surface area contributed by atoms with Gasteiger partial charge in [-0.3, -0.25) is 14.9 Å². The number of ether oxygens (including phenoxy) is 1. The van der Waals surface area contributed by atoms with Crippen molar-refractivity contribution in [3.05, 3.63) is 29.8 Å². The lowest BCUT2D eigenvalue weighted by Crippen LogP contribution is -2.35. The number of amides is 2. The molecule has 5 heteroatoms. The number of hydrogen-bond donors (Lipinski definition) is 2. The molecule has 17 heavy (non-hydrogen) atoms. The third-order valence-electron chi connectivity index (χ3n) is 2.66. The summed E-state index contributed by atoms with van der Waals surface area (Å²) in [6, 6.07) is 7.14. The Morgan fingerprint density at radius 3 is 2.94 bits per heavy atom. The number of imide groups is 1. The van der Waals surface area contributed by atoms with Crippen molar-refractivity contribution in [1.82, 2.24) is 10.6 Å². The van der Waals surface area contributed by atoms with Crippen LogP contribution in [-0.2, 0) is 16.1 Å². The van der Waals surface area contributed by atoms with Crippen LogP contribution in [0, 0.1) is 0 Å². The van der Waals surface area contributed by atoms with Crippen LogP contribution in [0.1, 0.15) is 12.0 Å². The van der Waals surface area contributed by atoms with Crippen LogP contribution in [0.25, 0.3) is 0 Å². The Labute approximate surface area is 99.2 Å². The molecule has 0 radical (unpaired) electrons. The molecule has 1 fully saturated rings.